The van der Waals surface area contributed by atoms with E-state index in [0.29, 0.717) is 22.7 Å². The Morgan fingerprint density at radius 1 is 1.22 bits per heavy atom. The lowest BCUT2D eigenvalue weighted by atomic mass is 9.84. The Bertz CT molecular complexity index is 824. The van der Waals surface area contributed by atoms with Crippen LogP contribution in [0.25, 0.3) is 0 Å². The number of carbonyl (C=O) groups excluding carboxylic acids is 1. The number of alkyl halides is 3. The molecule has 2 aromatic carbocycles. The van der Waals surface area contributed by atoms with Gasteiger partial charge in [-0.25, -0.2) is 4.79 Å². The zero-order valence-corrected chi connectivity index (χ0v) is 15.1. The van der Waals surface area contributed by atoms with Gasteiger partial charge in [-0.3, -0.25) is 0 Å². The molecule has 0 aliphatic carbocycles. The monoisotopic (exact) mass is 399 g/mol. The van der Waals surface area contributed by atoms with Gasteiger partial charge in [0.05, 0.1) is 12.2 Å². The molecular weight excluding hydrogens is 383 g/mol. The molecule has 1 heterocycles. The highest BCUT2D eigenvalue weighted by atomic mass is 35.5. The third kappa shape index (κ3) is 4.47. The number of carbonyl (C=O) groups is 1. The molecule has 1 aliphatic heterocycles. The van der Waals surface area contributed by atoms with Crippen LogP contribution in [0, 0.1) is 0 Å². The van der Waals surface area contributed by atoms with Crippen molar-refractivity contribution in [1.29, 1.82) is 0 Å². The first-order chi connectivity index (χ1) is 12.8. The second-order valence-electron chi connectivity index (χ2n) is 6.07. The summed E-state index contributed by atoms with van der Waals surface area (Å²) < 4.78 is 48.6. The number of hydrogen-bond donors (Lipinski definition) is 1. The number of ether oxygens (including phenoxy) is 2. The third-order valence-electron chi connectivity index (χ3n) is 4.30. The highest BCUT2D eigenvalue weighted by Crippen LogP contribution is 2.41. The van der Waals surface area contributed by atoms with Crippen LogP contribution in [0.4, 0.5) is 23.7 Å². The van der Waals surface area contributed by atoms with Crippen molar-refractivity contribution in [3.63, 3.8) is 0 Å². The van der Waals surface area contributed by atoms with Gasteiger partial charge in [0.2, 0.25) is 0 Å². The maximum Gasteiger partial charge on any atom is 0.510 e. The van der Waals surface area contributed by atoms with E-state index in [1.807, 2.05) is 0 Å². The minimum atomic E-state index is -4.40. The molecule has 0 spiro atoms. The molecule has 144 valence electrons. The van der Waals surface area contributed by atoms with Crippen LogP contribution in [-0.4, -0.2) is 19.0 Å². The third-order valence-corrected chi connectivity index (χ3v) is 4.53. The molecule has 3 rings (SSSR count). The molecular formula is C19H17ClF3NO3. The van der Waals surface area contributed by atoms with Gasteiger partial charge in [-0.2, -0.15) is 13.2 Å². The minimum Gasteiger partial charge on any atom is -0.435 e. The number of rotatable bonds is 3. The quantitative estimate of drug-likeness (QED) is 0.662. The summed E-state index contributed by atoms with van der Waals surface area (Å²) >= 11 is 6.09. The normalized spacial score (nSPS) is 19.0. The summed E-state index contributed by atoms with van der Waals surface area (Å²) in [5.74, 6) is -0.290. The van der Waals surface area contributed by atoms with Gasteiger partial charge in [0.25, 0.3) is 0 Å². The number of nitrogens with one attached hydrogen (secondary N) is 1. The summed E-state index contributed by atoms with van der Waals surface area (Å²) in [7, 11) is 0. The fourth-order valence-electron chi connectivity index (χ4n) is 3.09. The summed E-state index contributed by atoms with van der Waals surface area (Å²) in [6.07, 6.45) is -5.55. The lowest BCUT2D eigenvalue weighted by Crippen LogP contribution is -2.33. The topological polar surface area (TPSA) is 47.6 Å². The van der Waals surface area contributed by atoms with Gasteiger partial charge < -0.3 is 14.8 Å². The molecule has 0 bridgehead atoms. The van der Waals surface area contributed by atoms with Gasteiger partial charge in [0, 0.05) is 23.0 Å². The number of fused-ring (bicyclic) bond motifs is 1. The van der Waals surface area contributed by atoms with Gasteiger partial charge in [-0.1, -0.05) is 23.7 Å². The van der Waals surface area contributed by atoms with Crippen LogP contribution in [0.1, 0.15) is 36.0 Å². The number of hydrogen-bond acceptors (Lipinski definition) is 4. The molecule has 0 saturated heterocycles. The predicted molar refractivity (Wildman–Crippen MR) is 94.9 cm³/mol. The zero-order valence-electron chi connectivity index (χ0n) is 14.3. The van der Waals surface area contributed by atoms with Crippen LogP contribution >= 0.6 is 11.6 Å². The molecule has 8 heteroatoms. The van der Waals surface area contributed by atoms with Crippen molar-refractivity contribution in [3.8, 4) is 0 Å². The van der Waals surface area contributed by atoms with Gasteiger partial charge >= 0.3 is 12.3 Å². The van der Waals surface area contributed by atoms with Crippen LogP contribution in [0.15, 0.2) is 42.5 Å². The van der Waals surface area contributed by atoms with Crippen LogP contribution < -0.4 is 5.32 Å². The number of halogens is 4. The second-order valence-corrected chi connectivity index (χ2v) is 6.51. The van der Waals surface area contributed by atoms with Crippen molar-refractivity contribution in [3.05, 3.63) is 64.2 Å². The molecule has 1 N–H and O–H groups in total. The standard InChI is InChI=1S/C19H17ClF3NO3/c1-2-26-18(25)27-17-10-14(15-9-13(20)7-8-16(15)24-17)11-3-5-12(6-4-11)19(21,22)23/h3-9,14,17,24H,2,10H2,1H3. The summed E-state index contributed by atoms with van der Waals surface area (Å²) in [5, 5.41) is 3.60. The van der Waals surface area contributed by atoms with Crippen LogP contribution in [0.5, 0.6) is 0 Å². The Morgan fingerprint density at radius 3 is 2.56 bits per heavy atom. The summed E-state index contributed by atoms with van der Waals surface area (Å²) in [6.45, 7) is 1.85. The maximum absolute atomic E-state index is 12.8. The molecule has 1 aliphatic rings. The second kappa shape index (κ2) is 7.68. The molecule has 2 atom stereocenters. The Balaban J connectivity index is 1.92. The summed E-state index contributed by atoms with van der Waals surface area (Å²) in [6, 6.07) is 10.1. The Morgan fingerprint density at radius 2 is 1.93 bits per heavy atom. The molecule has 0 aromatic heterocycles. The molecule has 2 aromatic rings. The highest BCUT2D eigenvalue weighted by Gasteiger charge is 2.33. The SMILES string of the molecule is CCOC(=O)OC1CC(c2ccc(C(F)(F)F)cc2)c2cc(Cl)ccc2N1. The predicted octanol–water partition coefficient (Wildman–Crippen LogP) is 5.81. The van der Waals surface area contributed by atoms with Crippen LogP contribution in [0.3, 0.4) is 0 Å². The average molecular weight is 400 g/mol. The first-order valence-corrected chi connectivity index (χ1v) is 8.72. The summed E-state index contributed by atoms with van der Waals surface area (Å²) in [5.41, 5.74) is 1.48. The van der Waals surface area contributed by atoms with E-state index in [-0.39, 0.29) is 12.5 Å². The van der Waals surface area contributed by atoms with Crippen LogP contribution in [0.2, 0.25) is 5.02 Å². The smallest absolute Gasteiger partial charge is 0.435 e. The average Bonchev–Trinajstić information content (AvgIpc) is 2.61. The van der Waals surface area contributed by atoms with E-state index in [4.69, 9.17) is 21.1 Å². The van der Waals surface area contributed by atoms with E-state index in [2.05, 4.69) is 5.32 Å². The molecule has 4 nitrogen and oxygen atoms in total. The number of benzene rings is 2. The van der Waals surface area contributed by atoms with E-state index in [1.54, 1.807) is 25.1 Å². The molecule has 0 fully saturated rings. The zero-order chi connectivity index (χ0) is 19.6. The molecule has 0 radical (unpaired) electrons. The van der Waals surface area contributed by atoms with Crippen molar-refractivity contribution < 1.29 is 27.4 Å². The fourth-order valence-corrected chi connectivity index (χ4v) is 3.27. The van der Waals surface area contributed by atoms with E-state index in [1.165, 1.54) is 12.1 Å². The van der Waals surface area contributed by atoms with Gasteiger partial charge in [0.15, 0.2) is 6.23 Å². The molecule has 0 saturated carbocycles. The van der Waals surface area contributed by atoms with Crippen molar-refractivity contribution in [2.24, 2.45) is 0 Å². The van der Waals surface area contributed by atoms with E-state index in [9.17, 15) is 18.0 Å². The molecule has 0 amide bonds. The Hall–Kier alpha value is -2.41. The lowest BCUT2D eigenvalue weighted by molar-refractivity contribution is -0.137. The van der Waals surface area contributed by atoms with E-state index in [0.717, 1.165) is 17.7 Å². The van der Waals surface area contributed by atoms with E-state index < -0.39 is 24.1 Å². The Kier molecular flexibility index (Phi) is 5.51. The van der Waals surface area contributed by atoms with Gasteiger partial charge in [0.1, 0.15) is 0 Å². The minimum absolute atomic E-state index is 0.181. The van der Waals surface area contributed by atoms with E-state index >= 15 is 0 Å². The first-order valence-electron chi connectivity index (χ1n) is 8.34. The summed E-state index contributed by atoms with van der Waals surface area (Å²) in [4.78, 5) is 11.6. The number of anilines is 1. The van der Waals surface area contributed by atoms with Gasteiger partial charge in [-0.05, 0) is 48.4 Å². The van der Waals surface area contributed by atoms with Crippen molar-refractivity contribution >= 4 is 23.4 Å². The molecule has 2 unspecified atom stereocenters. The molecule has 27 heavy (non-hydrogen) atoms. The maximum atomic E-state index is 12.8. The lowest BCUT2D eigenvalue weighted by Gasteiger charge is -2.33. The van der Waals surface area contributed by atoms with Crippen molar-refractivity contribution in [2.75, 3.05) is 11.9 Å². The van der Waals surface area contributed by atoms with Crippen molar-refractivity contribution in [2.45, 2.75) is 31.7 Å². The highest BCUT2D eigenvalue weighted by molar-refractivity contribution is 6.30. The van der Waals surface area contributed by atoms with Crippen LogP contribution in [-0.2, 0) is 15.7 Å². The fraction of sp³-hybridized carbons (Fsp3) is 0.316. The van der Waals surface area contributed by atoms with Gasteiger partial charge in [-0.15, -0.1) is 0 Å². The first kappa shape index (κ1) is 19.4. The van der Waals surface area contributed by atoms with Crippen molar-refractivity contribution in [1.82, 2.24) is 0 Å². The largest absolute Gasteiger partial charge is 0.510 e. The Labute approximate surface area is 159 Å².